The maximum Gasteiger partial charge on any atom is 0.120 e. The average molecular weight is 860 g/mol. The third-order valence-corrected chi connectivity index (χ3v) is 13.6. The smallest absolute Gasteiger partial charge is 0.120 e. The van der Waals surface area contributed by atoms with Crippen molar-refractivity contribution in [3.05, 3.63) is 283 Å². The predicted molar refractivity (Wildman–Crippen MR) is 283 cm³/mol. The fraction of sp³-hybridized carbons (Fsp3) is 0.0462. The van der Waals surface area contributed by atoms with Crippen LogP contribution in [-0.4, -0.2) is 5.11 Å². The van der Waals surface area contributed by atoms with Crippen molar-refractivity contribution < 1.29 is 5.11 Å². The number of allylic oxidation sites excluding steroid dienone is 2. The van der Waals surface area contributed by atoms with Crippen LogP contribution in [0.5, 0.6) is 5.75 Å². The molecular weight excluding hydrogens is 811 g/mol. The number of rotatable bonds is 11. The van der Waals surface area contributed by atoms with Crippen molar-refractivity contribution in [2.24, 2.45) is 0 Å². The molecule has 0 aromatic heterocycles. The zero-order valence-electron chi connectivity index (χ0n) is 37.5. The number of fused-ring (bicyclic) bond motifs is 4. The zero-order valence-corrected chi connectivity index (χ0v) is 37.5. The first-order valence-corrected chi connectivity index (χ1v) is 23.2. The number of aromatic hydroxyl groups is 1. The number of benzene rings is 10. The molecule has 0 radical (unpaired) electrons. The van der Waals surface area contributed by atoms with Crippen molar-refractivity contribution in [2.45, 2.75) is 18.8 Å². The monoisotopic (exact) mass is 859 g/mol. The molecular formula is C65H49NO. The summed E-state index contributed by atoms with van der Waals surface area (Å²) in [6.45, 7) is 6.12. The molecule has 2 heteroatoms. The Bertz CT molecular complexity index is 3490. The highest BCUT2D eigenvalue weighted by Gasteiger charge is 2.48. The second-order valence-electron chi connectivity index (χ2n) is 17.2. The molecule has 0 spiro atoms. The molecule has 0 heterocycles. The molecule has 0 saturated heterocycles. The lowest BCUT2D eigenvalue weighted by atomic mass is 9.65. The first-order chi connectivity index (χ1) is 33.1. The van der Waals surface area contributed by atoms with Gasteiger partial charge < -0.3 is 10.0 Å². The van der Waals surface area contributed by atoms with Crippen molar-refractivity contribution in [2.75, 3.05) is 4.90 Å². The third kappa shape index (κ3) is 6.97. The van der Waals surface area contributed by atoms with Gasteiger partial charge in [-0.25, -0.2) is 0 Å². The molecule has 0 aliphatic heterocycles. The van der Waals surface area contributed by atoms with Crippen molar-refractivity contribution in [3.63, 3.8) is 0 Å². The highest BCUT2D eigenvalue weighted by atomic mass is 16.3. The molecule has 1 aliphatic carbocycles. The standard InChI is InChI=1S/C65H49NO/c1-3-5-22-45-37-40-61(64(67)43-45)65(59-41-38-47-25-12-13-28-51(47)50(59)4-2)58-34-19-16-32-55(58)57-44-48(39-42-60(57)65)52-29-14-15-31-54(52)56-33-18-21-36-63(56)66(49-26-10-7-11-27-49)62-35-20-17-30-53(62)46-23-8-6-9-24-46/h3,5-44,67H,1,4H2,2H3/b22-5-. The van der Waals surface area contributed by atoms with E-state index in [-0.39, 0.29) is 5.75 Å². The zero-order chi connectivity index (χ0) is 45.3. The summed E-state index contributed by atoms with van der Waals surface area (Å²) >= 11 is 0. The van der Waals surface area contributed by atoms with E-state index in [9.17, 15) is 5.11 Å². The summed E-state index contributed by atoms with van der Waals surface area (Å²) in [5.41, 5.74) is 18.2. The van der Waals surface area contributed by atoms with Crippen LogP contribution in [0.15, 0.2) is 249 Å². The summed E-state index contributed by atoms with van der Waals surface area (Å²) in [6.07, 6.45) is 6.48. The summed E-state index contributed by atoms with van der Waals surface area (Å²) in [7, 11) is 0. The summed E-state index contributed by atoms with van der Waals surface area (Å²) < 4.78 is 0. The number of nitrogens with zero attached hydrogens (tertiary/aromatic N) is 1. The van der Waals surface area contributed by atoms with Crippen LogP contribution >= 0.6 is 0 Å². The van der Waals surface area contributed by atoms with Gasteiger partial charge in [-0.15, -0.1) is 0 Å². The van der Waals surface area contributed by atoms with E-state index in [0.717, 1.165) is 90.2 Å². The number of anilines is 3. The lowest BCUT2D eigenvalue weighted by molar-refractivity contribution is 0.461. The van der Waals surface area contributed by atoms with Gasteiger partial charge >= 0.3 is 0 Å². The van der Waals surface area contributed by atoms with E-state index in [1.807, 2.05) is 18.2 Å². The number of para-hydroxylation sites is 3. The van der Waals surface area contributed by atoms with Gasteiger partial charge in [0.25, 0.3) is 0 Å². The summed E-state index contributed by atoms with van der Waals surface area (Å²) in [4.78, 5) is 2.40. The fourth-order valence-corrected chi connectivity index (χ4v) is 10.8. The SMILES string of the molecule is C=C/C=C\c1ccc(C2(c3ccc4ccccc4c3CC)c3ccccc3-c3cc(-c4ccccc4-c4ccccc4N(c4ccccc4)c4ccccc4-c4ccccc4)ccc32)c(O)c1. The van der Waals surface area contributed by atoms with Gasteiger partial charge in [0.2, 0.25) is 0 Å². The Morgan fingerprint density at radius 3 is 1.79 bits per heavy atom. The van der Waals surface area contributed by atoms with Crippen LogP contribution in [0.1, 0.15) is 40.3 Å². The summed E-state index contributed by atoms with van der Waals surface area (Å²) in [5, 5.41) is 14.8. The van der Waals surface area contributed by atoms with Gasteiger partial charge in [-0.2, -0.15) is 0 Å². The second kappa shape index (κ2) is 17.5. The number of aryl methyl sites for hydroxylation is 1. The van der Waals surface area contributed by atoms with Gasteiger partial charge in [-0.1, -0.05) is 226 Å². The van der Waals surface area contributed by atoms with Gasteiger partial charge in [0.05, 0.1) is 16.8 Å². The minimum Gasteiger partial charge on any atom is -0.508 e. The van der Waals surface area contributed by atoms with Gasteiger partial charge in [0, 0.05) is 22.4 Å². The normalized spacial score (nSPS) is 13.9. The van der Waals surface area contributed by atoms with Crippen LogP contribution in [0, 0.1) is 0 Å². The molecule has 67 heavy (non-hydrogen) atoms. The van der Waals surface area contributed by atoms with Crippen molar-refractivity contribution in [1.29, 1.82) is 0 Å². The number of hydrogen-bond acceptors (Lipinski definition) is 2. The molecule has 10 aromatic rings. The Morgan fingerprint density at radius 2 is 1.04 bits per heavy atom. The predicted octanol–water partition coefficient (Wildman–Crippen LogP) is 17.1. The first-order valence-electron chi connectivity index (χ1n) is 23.2. The molecule has 1 unspecified atom stereocenters. The molecule has 0 bridgehead atoms. The Morgan fingerprint density at radius 1 is 0.463 bits per heavy atom. The van der Waals surface area contributed by atoms with Crippen molar-refractivity contribution >= 4 is 33.9 Å². The summed E-state index contributed by atoms with van der Waals surface area (Å²) in [5.74, 6) is 0.256. The molecule has 11 rings (SSSR count). The minimum absolute atomic E-state index is 0.256. The number of phenolic OH excluding ortho intramolecular Hbond substituents is 1. The summed E-state index contributed by atoms with van der Waals surface area (Å²) in [6, 6.07) is 82.9. The number of hydrogen-bond donors (Lipinski definition) is 1. The van der Waals surface area contributed by atoms with E-state index in [4.69, 9.17) is 0 Å². The molecule has 0 fully saturated rings. The second-order valence-corrected chi connectivity index (χ2v) is 17.2. The van der Waals surface area contributed by atoms with Gasteiger partial charge in [0.15, 0.2) is 0 Å². The molecule has 0 amide bonds. The van der Waals surface area contributed by atoms with Gasteiger partial charge in [-0.05, 0) is 115 Å². The van der Waals surface area contributed by atoms with E-state index in [2.05, 4.69) is 243 Å². The highest BCUT2D eigenvalue weighted by Crippen LogP contribution is 2.60. The van der Waals surface area contributed by atoms with Gasteiger partial charge in [-0.3, -0.25) is 0 Å². The topological polar surface area (TPSA) is 23.5 Å². The lowest BCUT2D eigenvalue weighted by Gasteiger charge is -2.36. The number of phenols is 1. The van der Waals surface area contributed by atoms with Crippen LogP contribution in [0.2, 0.25) is 0 Å². The molecule has 0 saturated carbocycles. The molecule has 2 nitrogen and oxygen atoms in total. The quantitative estimate of drug-likeness (QED) is 0.131. The van der Waals surface area contributed by atoms with Crippen LogP contribution < -0.4 is 4.90 Å². The largest absolute Gasteiger partial charge is 0.508 e. The maximum absolute atomic E-state index is 12.4. The Kier molecular flexibility index (Phi) is 10.8. The average Bonchev–Trinajstić information content (AvgIpc) is 3.68. The first kappa shape index (κ1) is 41.3. The van der Waals surface area contributed by atoms with Crippen molar-refractivity contribution in [3.8, 4) is 50.3 Å². The minimum atomic E-state index is -0.807. The third-order valence-electron chi connectivity index (χ3n) is 13.6. The Hall–Kier alpha value is -8.46. The van der Waals surface area contributed by atoms with Crippen LogP contribution in [0.3, 0.4) is 0 Å². The Balaban J connectivity index is 1.13. The molecule has 1 N–H and O–H groups in total. The molecule has 320 valence electrons. The van der Waals surface area contributed by atoms with E-state index in [0.29, 0.717) is 0 Å². The van der Waals surface area contributed by atoms with Gasteiger partial charge in [0.1, 0.15) is 5.75 Å². The Labute approximate surface area is 393 Å². The van der Waals surface area contributed by atoms with Crippen molar-refractivity contribution in [1.82, 2.24) is 0 Å². The van der Waals surface area contributed by atoms with E-state index >= 15 is 0 Å². The fourth-order valence-electron chi connectivity index (χ4n) is 10.8. The van der Waals surface area contributed by atoms with Crippen LogP contribution in [-0.2, 0) is 11.8 Å². The maximum atomic E-state index is 12.4. The van der Waals surface area contributed by atoms with E-state index in [1.165, 1.54) is 21.9 Å². The lowest BCUT2D eigenvalue weighted by Crippen LogP contribution is -2.30. The van der Waals surface area contributed by atoms with E-state index < -0.39 is 5.41 Å². The molecule has 1 atom stereocenters. The molecule has 1 aliphatic rings. The highest BCUT2D eigenvalue weighted by molar-refractivity contribution is 5.99. The molecule has 10 aromatic carbocycles. The van der Waals surface area contributed by atoms with Crippen LogP contribution in [0.4, 0.5) is 17.1 Å². The van der Waals surface area contributed by atoms with Crippen LogP contribution in [0.25, 0.3) is 61.4 Å². The van der Waals surface area contributed by atoms with E-state index in [1.54, 1.807) is 6.08 Å².